The lowest BCUT2D eigenvalue weighted by atomic mass is 9.93. The van der Waals surface area contributed by atoms with Gasteiger partial charge in [0.1, 0.15) is 5.82 Å². The quantitative estimate of drug-likeness (QED) is 0.817. The van der Waals surface area contributed by atoms with Crippen molar-refractivity contribution < 1.29 is 9.50 Å². The van der Waals surface area contributed by atoms with Crippen molar-refractivity contribution in [1.82, 2.24) is 0 Å². The zero-order chi connectivity index (χ0) is 12.1. The Balaban J connectivity index is 2.79. The molecule has 0 aliphatic carbocycles. The average Bonchev–Trinajstić information content (AvgIpc) is 2.28. The lowest BCUT2D eigenvalue weighted by Gasteiger charge is -2.18. The Hall–Kier alpha value is -0.600. The first-order valence-electron chi connectivity index (χ1n) is 5.71. The molecule has 0 spiro atoms. The Morgan fingerprint density at radius 1 is 1.31 bits per heavy atom. The normalized spacial score (nSPS) is 13.1. The predicted molar refractivity (Wildman–Crippen MR) is 65.1 cm³/mol. The summed E-state index contributed by atoms with van der Waals surface area (Å²) in [6.45, 7) is 4.16. The maximum absolute atomic E-state index is 13.5. The molecule has 0 heterocycles. The first kappa shape index (κ1) is 13.5. The van der Waals surface area contributed by atoms with Crippen LogP contribution in [-0.4, -0.2) is 5.11 Å². The van der Waals surface area contributed by atoms with Crippen LogP contribution in [0, 0.1) is 11.7 Å². The zero-order valence-corrected chi connectivity index (χ0v) is 10.5. The van der Waals surface area contributed by atoms with Crippen molar-refractivity contribution in [3.8, 4) is 0 Å². The van der Waals surface area contributed by atoms with Gasteiger partial charge in [-0.2, -0.15) is 0 Å². The molecule has 1 aromatic carbocycles. The molecular formula is C13H18ClFO. The minimum absolute atomic E-state index is 0.305. The first-order valence-corrected chi connectivity index (χ1v) is 6.09. The lowest BCUT2D eigenvalue weighted by Crippen LogP contribution is -2.07. The van der Waals surface area contributed by atoms with Gasteiger partial charge in [-0.05, 0) is 30.5 Å². The zero-order valence-electron chi connectivity index (χ0n) is 9.71. The van der Waals surface area contributed by atoms with Gasteiger partial charge in [-0.1, -0.05) is 38.3 Å². The second-order valence-corrected chi connectivity index (χ2v) is 4.54. The molecule has 0 aliphatic rings. The van der Waals surface area contributed by atoms with Gasteiger partial charge in [0.05, 0.1) is 6.10 Å². The molecule has 3 heteroatoms. The van der Waals surface area contributed by atoms with Gasteiger partial charge in [0, 0.05) is 10.6 Å². The topological polar surface area (TPSA) is 20.2 Å². The van der Waals surface area contributed by atoms with Crippen LogP contribution >= 0.6 is 11.6 Å². The number of halogens is 2. The number of benzene rings is 1. The molecule has 1 nitrogen and oxygen atoms in total. The first-order chi connectivity index (χ1) is 7.58. The largest absolute Gasteiger partial charge is 0.388 e. The van der Waals surface area contributed by atoms with E-state index in [1.807, 2.05) is 0 Å². The molecule has 0 bridgehead atoms. The van der Waals surface area contributed by atoms with Crippen molar-refractivity contribution in [1.29, 1.82) is 0 Å². The summed E-state index contributed by atoms with van der Waals surface area (Å²) in [7, 11) is 0. The summed E-state index contributed by atoms with van der Waals surface area (Å²) in [5, 5.41) is 10.4. The summed E-state index contributed by atoms with van der Waals surface area (Å²) in [6, 6.07) is 4.29. The smallest absolute Gasteiger partial charge is 0.129 e. The second kappa shape index (κ2) is 6.21. The summed E-state index contributed by atoms with van der Waals surface area (Å²) >= 11 is 5.79. The van der Waals surface area contributed by atoms with E-state index in [-0.39, 0.29) is 5.82 Å². The van der Waals surface area contributed by atoms with Crippen LogP contribution in [0.1, 0.15) is 44.8 Å². The third-order valence-electron chi connectivity index (χ3n) is 3.03. The highest BCUT2D eigenvalue weighted by atomic mass is 35.5. The molecule has 0 amide bonds. The van der Waals surface area contributed by atoms with E-state index >= 15 is 0 Å². The van der Waals surface area contributed by atoms with Crippen LogP contribution in [0.5, 0.6) is 0 Å². The van der Waals surface area contributed by atoms with Gasteiger partial charge in [-0.25, -0.2) is 4.39 Å². The molecule has 0 aromatic heterocycles. The highest BCUT2D eigenvalue weighted by Gasteiger charge is 2.17. The number of aliphatic hydroxyl groups excluding tert-OH is 1. The highest BCUT2D eigenvalue weighted by molar-refractivity contribution is 6.30. The Morgan fingerprint density at radius 2 is 1.94 bits per heavy atom. The Labute approximate surface area is 101 Å². The van der Waals surface area contributed by atoms with E-state index in [9.17, 15) is 9.50 Å². The van der Waals surface area contributed by atoms with Crippen molar-refractivity contribution in [2.45, 2.75) is 39.2 Å². The maximum Gasteiger partial charge on any atom is 0.129 e. The van der Waals surface area contributed by atoms with E-state index in [0.717, 1.165) is 12.8 Å². The summed E-state index contributed by atoms with van der Waals surface area (Å²) < 4.78 is 13.5. The van der Waals surface area contributed by atoms with Crippen LogP contribution in [-0.2, 0) is 0 Å². The third-order valence-corrected chi connectivity index (χ3v) is 3.26. The SMILES string of the molecule is CCC(CC)CC(O)c1cc(Cl)ccc1F. The van der Waals surface area contributed by atoms with Crippen LogP contribution in [0.4, 0.5) is 4.39 Å². The number of rotatable bonds is 5. The fourth-order valence-electron chi connectivity index (χ4n) is 1.83. The summed E-state index contributed by atoms with van der Waals surface area (Å²) in [5.41, 5.74) is 0.305. The van der Waals surface area contributed by atoms with Crippen molar-refractivity contribution in [3.63, 3.8) is 0 Å². The summed E-state index contributed by atoms with van der Waals surface area (Å²) in [6.07, 6.45) is 1.82. The molecule has 1 aromatic rings. The molecule has 16 heavy (non-hydrogen) atoms. The van der Waals surface area contributed by atoms with Crippen molar-refractivity contribution in [2.24, 2.45) is 5.92 Å². The monoisotopic (exact) mass is 244 g/mol. The number of hydrogen-bond acceptors (Lipinski definition) is 1. The van der Waals surface area contributed by atoms with E-state index in [1.165, 1.54) is 18.2 Å². The Kier molecular flexibility index (Phi) is 5.23. The fourth-order valence-corrected chi connectivity index (χ4v) is 2.02. The van der Waals surface area contributed by atoms with Gasteiger partial charge in [-0.3, -0.25) is 0 Å². The van der Waals surface area contributed by atoms with Crippen molar-refractivity contribution in [3.05, 3.63) is 34.6 Å². The van der Waals surface area contributed by atoms with Crippen molar-refractivity contribution >= 4 is 11.6 Å². The van der Waals surface area contributed by atoms with Gasteiger partial charge >= 0.3 is 0 Å². The van der Waals surface area contributed by atoms with Crippen molar-refractivity contribution in [2.75, 3.05) is 0 Å². The predicted octanol–water partition coefficient (Wildman–Crippen LogP) is 4.34. The lowest BCUT2D eigenvalue weighted by molar-refractivity contribution is 0.137. The van der Waals surface area contributed by atoms with Crippen LogP contribution < -0.4 is 0 Å². The van der Waals surface area contributed by atoms with Gasteiger partial charge in [-0.15, -0.1) is 0 Å². The van der Waals surface area contributed by atoms with Gasteiger partial charge in [0.25, 0.3) is 0 Å². The summed E-state index contributed by atoms with van der Waals surface area (Å²) in [4.78, 5) is 0. The molecule has 1 unspecified atom stereocenters. The van der Waals surface area contributed by atoms with Gasteiger partial charge < -0.3 is 5.11 Å². The fraction of sp³-hybridized carbons (Fsp3) is 0.538. The van der Waals surface area contributed by atoms with E-state index in [1.54, 1.807) is 0 Å². The maximum atomic E-state index is 13.5. The van der Waals surface area contributed by atoms with E-state index in [0.29, 0.717) is 22.9 Å². The second-order valence-electron chi connectivity index (χ2n) is 4.10. The molecule has 0 saturated carbocycles. The molecule has 1 N–H and O–H groups in total. The van der Waals surface area contributed by atoms with Crippen LogP contribution in [0.2, 0.25) is 5.02 Å². The van der Waals surface area contributed by atoms with Crippen LogP contribution in [0.3, 0.4) is 0 Å². The van der Waals surface area contributed by atoms with E-state index < -0.39 is 6.10 Å². The minimum Gasteiger partial charge on any atom is -0.388 e. The van der Waals surface area contributed by atoms with Crippen LogP contribution in [0.25, 0.3) is 0 Å². The Bertz CT molecular complexity index is 337. The molecule has 90 valence electrons. The number of aliphatic hydroxyl groups is 1. The van der Waals surface area contributed by atoms with Crippen LogP contribution in [0.15, 0.2) is 18.2 Å². The molecule has 0 saturated heterocycles. The minimum atomic E-state index is -0.761. The summed E-state index contributed by atoms with van der Waals surface area (Å²) in [5.74, 6) is 0.0382. The number of hydrogen-bond donors (Lipinski definition) is 1. The molecule has 1 rings (SSSR count). The molecule has 0 aliphatic heterocycles. The van der Waals surface area contributed by atoms with E-state index in [2.05, 4.69) is 13.8 Å². The van der Waals surface area contributed by atoms with Gasteiger partial charge in [0.2, 0.25) is 0 Å². The highest BCUT2D eigenvalue weighted by Crippen LogP contribution is 2.28. The van der Waals surface area contributed by atoms with E-state index in [4.69, 9.17) is 11.6 Å². The molecule has 0 radical (unpaired) electrons. The Morgan fingerprint density at radius 3 is 2.50 bits per heavy atom. The molecular weight excluding hydrogens is 227 g/mol. The molecule has 0 fully saturated rings. The third kappa shape index (κ3) is 3.46. The standard InChI is InChI=1S/C13H18ClFO/c1-3-9(4-2)7-13(16)11-8-10(14)5-6-12(11)15/h5-6,8-9,13,16H,3-4,7H2,1-2H3. The molecule has 1 atom stereocenters. The average molecular weight is 245 g/mol. The van der Waals surface area contributed by atoms with Gasteiger partial charge in [0.15, 0.2) is 0 Å².